The van der Waals surface area contributed by atoms with Gasteiger partial charge in [0.2, 0.25) is 0 Å². The molecule has 1 atom stereocenters. The van der Waals surface area contributed by atoms with Crippen LogP contribution in [0.3, 0.4) is 0 Å². The van der Waals surface area contributed by atoms with Crippen molar-refractivity contribution in [3.8, 4) is 0 Å². The summed E-state index contributed by atoms with van der Waals surface area (Å²) in [6, 6.07) is 0.661. The van der Waals surface area contributed by atoms with Crippen LogP contribution < -0.4 is 0 Å². The summed E-state index contributed by atoms with van der Waals surface area (Å²) in [5.41, 5.74) is -0.436. The molecule has 1 aliphatic heterocycles. The predicted molar refractivity (Wildman–Crippen MR) is 79.4 cm³/mol. The van der Waals surface area contributed by atoms with Gasteiger partial charge in [-0.1, -0.05) is 40.0 Å². The summed E-state index contributed by atoms with van der Waals surface area (Å²) in [4.78, 5) is 14.1. The smallest absolute Gasteiger partial charge is 0.309 e. The highest BCUT2D eigenvalue weighted by Gasteiger charge is 2.41. The van der Waals surface area contributed by atoms with Gasteiger partial charge < -0.3 is 10.0 Å². The fraction of sp³-hybridized carbons (Fsp3) is 0.938. The van der Waals surface area contributed by atoms with Crippen molar-refractivity contribution in [1.29, 1.82) is 0 Å². The number of hydrogen-bond donors (Lipinski definition) is 1. The zero-order valence-electron chi connectivity index (χ0n) is 13.0. The largest absolute Gasteiger partial charge is 0.481 e. The molecule has 1 unspecified atom stereocenters. The maximum absolute atomic E-state index is 11.6. The minimum Gasteiger partial charge on any atom is -0.481 e. The first-order valence-corrected chi connectivity index (χ1v) is 8.07. The van der Waals surface area contributed by atoms with Crippen molar-refractivity contribution in [3.05, 3.63) is 0 Å². The maximum Gasteiger partial charge on any atom is 0.309 e. The van der Waals surface area contributed by atoms with E-state index in [1.165, 1.54) is 25.7 Å². The van der Waals surface area contributed by atoms with E-state index in [-0.39, 0.29) is 0 Å². The first-order valence-electron chi connectivity index (χ1n) is 8.07. The van der Waals surface area contributed by atoms with E-state index in [9.17, 15) is 9.90 Å². The Kier molecular flexibility index (Phi) is 6.84. The second-order valence-electron chi connectivity index (χ2n) is 6.08. The first-order chi connectivity index (χ1) is 9.09. The van der Waals surface area contributed by atoms with E-state index in [4.69, 9.17) is 0 Å². The summed E-state index contributed by atoms with van der Waals surface area (Å²) in [7, 11) is 0. The van der Waals surface area contributed by atoms with Gasteiger partial charge in [-0.3, -0.25) is 4.79 Å². The van der Waals surface area contributed by atoms with Gasteiger partial charge in [-0.25, -0.2) is 0 Å². The van der Waals surface area contributed by atoms with Crippen molar-refractivity contribution in [2.45, 2.75) is 78.2 Å². The molecule has 1 rings (SSSR count). The van der Waals surface area contributed by atoms with E-state index in [0.29, 0.717) is 6.04 Å². The summed E-state index contributed by atoms with van der Waals surface area (Å²) >= 11 is 0. The molecule has 0 aromatic heterocycles. The Labute approximate surface area is 118 Å². The van der Waals surface area contributed by atoms with Gasteiger partial charge >= 0.3 is 5.97 Å². The van der Waals surface area contributed by atoms with Crippen molar-refractivity contribution in [2.24, 2.45) is 5.41 Å². The molecule has 19 heavy (non-hydrogen) atoms. The Morgan fingerprint density at radius 2 is 1.84 bits per heavy atom. The maximum atomic E-state index is 11.6. The number of piperidine rings is 1. The number of carboxylic acid groups (broad SMARTS) is 1. The number of carboxylic acids is 1. The lowest BCUT2D eigenvalue weighted by atomic mass is 9.74. The molecule has 0 aliphatic carbocycles. The summed E-state index contributed by atoms with van der Waals surface area (Å²) < 4.78 is 0. The van der Waals surface area contributed by atoms with Crippen molar-refractivity contribution in [2.75, 3.05) is 13.1 Å². The van der Waals surface area contributed by atoms with Crippen molar-refractivity contribution in [3.63, 3.8) is 0 Å². The Morgan fingerprint density at radius 1 is 1.21 bits per heavy atom. The molecule has 1 N–H and O–H groups in total. The fourth-order valence-corrected chi connectivity index (χ4v) is 3.45. The van der Waals surface area contributed by atoms with Crippen molar-refractivity contribution in [1.82, 2.24) is 4.90 Å². The molecule has 0 aromatic rings. The van der Waals surface area contributed by atoms with Crippen LogP contribution in [0.15, 0.2) is 0 Å². The van der Waals surface area contributed by atoms with Crippen LogP contribution >= 0.6 is 0 Å². The molecule has 1 aliphatic rings. The second kappa shape index (κ2) is 7.88. The minimum atomic E-state index is -0.574. The molecule has 0 spiro atoms. The highest BCUT2D eigenvalue weighted by molar-refractivity contribution is 5.74. The molecule has 0 amide bonds. The Balaban J connectivity index is 2.56. The molecule has 0 saturated carbocycles. The van der Waals surface area contributed by atoms with Crippen LogP contribution in [0.1, 0.15) is 72.1 Å². The number of carbonyl (C=O) groups is 1. The monoisotopic (exact) mass is 269 g/mol. The van der Waals surface area contributed by atoms with Crippen LogP contribution in [0, 0.1) is 5.41 Å². The predicted octanol–water partition coefficient (Wildman–Crippen LogP) is 3.92. The van der Waals surface area contributed by atoms with Crippen molar-refractivity contribution < 1.29 is 9.90 Å². The molecule has 3 nitrogen and oxygen atoms in total. The van der Waals surface area contributed by atoms with E-state index in [0.717, 1.165) is 38.8 Å². The molecule has 1 heterocycles. The van der Waals surface area contributed by atoms with Gasteiger partial charge in [0, 0.05) is 6.04 Å². The van der Waals surface area contributed by atoms with Crippen LogP contribution in [-0.2, 0) is 4.79 Å². The number of rotatable bonds is 8. The third-order valence-corrected chi connectivity index (χ3v) is 4.82. The number of hydrogen-bond acceptors (Lipinski definition) is 2. The quantitative estimate of drug-likeness (QED) is 0.726. The summed E-state index contributed by atoms with van der Waals surface area (Å²) in [5, 5.41) is 9.52. The standard InChI is InChI=1S/C16H31NO2/c1-4-7-8-14(6-3)17-12-10-16(9-5-2,11-13-17)15(18)19/h14H,4-13H2,1-3H3,(H,18,19). The van der Waals surface area contributed by atoms with Gasteiger partial charge in [0.25, 0.3) is 0 Å². The van der Waals surface area contributed by atoms with E-state index in [1.807, 2.05) is 0 Å². The van der Waals surface area contributed by atoms with E-state index < -0.39 is 11.4 Å². The van der Waals surface area contributed by atoms with E-state index in [2.05, 4.69) is 25.7 Å². The van der Waals surface area contributed by atoms with Gasteiger partial charge in [0.15, 0.2) is 0 Å². The number of unbranched alkanes of at least 4 members (excludes halogenated alkanes) is 1. The molecule has 0 aromatic carbocycles. The molecule has 0 radical (unpaired) electrons. The Bertz CT molecular complexity index is 270. The molecule has 0 bridgehead atoms. The number of nitrogens with zero attached hydrogens (tertiary/aromatic N) is 1. The molecule has 1 fully saturated rings. The van der Waals surface area contributed by atoms with Gasteiger partial charge in [0.1, 0.15) is 0 Å². The minimum absolute atomic E-state index is 0.436. The zero-order valence-corrected chi connectivity index (χ0v) is 13.0. The van der Waals surface area contributed by atoms with Gasteiger partial charge in [-0.2, -0.15) is 0 Å². The van der Waals surface area contributed by atoms with Gasteiger partial charge in [-0.05, 0) is 45.2 Å². The lowest BCUT2D eigenvalue weighted by Gasteiger charge is -2.42. The molecule has 112 valence electrons. The topological polar surface area (TPSA) is 40.5 Å². The highest BCUT2D eigenvalue weighted by Crippen LogP contribution is 2.37. The first kappa shape index (κ1) is 16.5. The molecule has 1 saturated heterocycles. The number of aliphatic carboxylic acids is 1. The van der Waals surface area contributed by atoms with Crippen LogP contribution in [0.25, 0.3) is 0 Å². The molecular weight excluding hydrogens is 238 g/mol. The van der Waals surface area contributed by atoms with Crippen LogP contribution in [0.5, 0.6) is 0 Å². The fourth-order valence-electron chi connectivity index (χ4n) is 3.45. The van der Waals surface area contributed by atoms with Crippen LogP contribution in [-0.4, -0.2) is 35.1 Å². The Hall–Kier alpha value is -0.570. The van der Waals surface area contributed by atoms with Crippen molar-refractivity contribution >= 4 is 5.97 Å². The lowest BCUT2D eigenvalue weighted by Crippen LogP contribution is -2.48. The SMILES string of the molecule is CCCCC(CC)N1CCC(CCC)(C(=O)O)CC1. The number of likely N-dealkylation sites (tertiary alicyclic amines) is 1. The second-order valence-corrected chi connectivity index (χ2v) is 6.08. The zero-order chi connectivity index (χ0) is 14.3. The van der Waals surface area contributed by atoms with Gasteiger partial charge in [-0.15, -0.1) is 0 Å². The van der Waals surface area contributed by atoms with E-state index >= 15 is 0 Å². The molecular formula is C16H31NO2. The average Bonchev–Trinajstić information content (AvgIpc) is 2.41. The summed E-state index contributed by atoms with van der Waals surface area (Å²) in [6.07, 6.45) is 8.46. The third-order valence-electron chi connectivity index (χ3n) is 4.82. The lowest BCUT2D eigenvalue weighted by molar-refractivity contribution is -0.153. The third kappa shape index (κ3) is 4.20. The van der Waals surface area contributed by atoms with Gasteiger partial charge in [0.05, 0.1) is 5.41 Å². The summed E-state index contributed by atoms with van der Waals surface area (Å²) in [6.45, 7) is 8.52. The Morgan fingerprint density at radius 3 is 2.26 bits per heavy atom. The normalized spacial score (nSPS) is 21.2. The summed E-state index contributed by atoms with van der Waals surface area (Å²) in [5.74, 6) is -0.574. The highest BCUT2D eigenvalue weighted by atomic mass is 16.4. The average molecular weight is 269 g/mol. The van der Waals surface area contributed by atoms with Crippen LogP contribution in [0.4, 0.5) is 0 Å². The van der Waals surface area contributed by atoms with E-state index in [1.54, 1.807) is 0 Å². The molecule has 3 heteroatoms. The van der Waals surface area contributed by atoms with Crippen LogP contribution in [0.2, 0.25) is 0 Å².